The number of anilines is 1. The molecule has 2 rings (SSSR count). The van der Waals surface area contributed by atoms with Gasteiger partial charge in [-0.2, -0.15) is 17.0 Å². The van der Waals surface area contributed by atoms with E-state index in [0.29, 0.717) is 22.2 Å². The van der Waals surface area contributed by atoms with Crippen molar-refractivity contribution in [2.24, 2.45) is 0 Å². The number of amides is 1. The molecule has 0 aliphatic heterocycles. The number of carbonyl (C=O) groups is 1. The highest BCUT2D eigenvalue weighted by Crippen LogP contribution is 2.23. The lowest BCUT2D eigenvalue weighted by atomic mass is 10.1. The molecule has 4 nitrogen and oxygen atoms in total. The van der Waals surface area contributed by atoms with Crippen LogP contribution in [0.5, 0.6) is 0 Å². The van der Waals surface area contributed by atoms with Crippen molar-refractivity contribution in [1.82, 2.24) is 4.98 Å². The first-order valence-corrected chi connectivity index (χ1v) is 8.10. The van der Waals surface area contributed by atoms with Crippen LogP contribution in [0.4, 0.5) is 9.52 Å². The Hall–Kier alpha value is -1.91. The van der Waals surface area contributed by atoms with Gasteiger partial charge in [0.15, 0.2) is 5.13 Å². The summed E-state index contributed by atoms with van der Waals surface area (Å²) in [6.07, 6.45) is 0. The standard InChI is InChI=1S/C14H12FN3OS2/c1-9(19)17-14-18-13(8-21-14)7-20-6-10-2-3-12(15)4-11(10)5-16/h2-4,8H,6-7H2,1H3,(H,17,18,19). The summed E-state index contributed by atoms with van der Waals surface area (Å²) in [5.74, 6) is 0.724. The molecule has 0 unspecified atom stereocenters. The lowest BCUT2D eigenvalue weighted by Crippen LogP contribution is -2.05. The van der Waals surface area contributed by atoms with Crippen LogP contribution >= 0.6 is 23.1 Å². The van der Waals surface area contributed by atoms with E-state index in [9.17, 15) is 9.18 Å². The average Bonchev–Trinajstić information content (AvgIpc) is 2.87. The average molecular weight is 321 g/mol. The predicted molar refractivity (Wildman–Crippen MR) is 82.5 cm³/mol. The summed E-state index contributed by atoms with van der Waals surface area (Å²) in [5.41, 5.74) is 2.04. The molecule has 0 saturated carbocycles. The van der Waals surface area contributed by atoms with Gasteiger partial charge in [-0.25, -0.2) is 9.37 Å². The molecule has 1 heterocycles. The van der Waals surface area contributed by atoms with Gasteiger partial charge >= 0.3 is 0 Å². The van der Waals surface area contributed by atoms with Crippen LogP contribution in [0.3, 0.4) is 0 Å². The highest BCUT2D eigenvalue weighted by molar-refractivity contribution is 7.97. The SMILES string of the molecule is CC(=O)Nc1nc(CSCc2ccc(F)cc2C#N)cs1. The van der Waals surface area contributed by atoms with Crippen molar-refractivity contribution >= 4 is 34.1 Å². The minimum absolute atomic E-state index is 0.145. The van der Waals surface area contributed by atoms with Crippen molar-refractivity contribution in [2.75, 3.05) is 5.32 Å². The van der Waals surface area contributed by atoms with Gasteiger partial charge in [-0.1, -0.05) is 6.07 Å². The number of nitrogens with zero attached hydrogens (tertiary/aromatic N) is 2. The molecule has 21 heavy (non-hydrogen) atoms. The number of rotatable bonds is 5. The summed E-state index contributed by atoms with van der Waals surface area (Å²) in [6, 6.07) is 6.23. The molecule has 0 saturated heterocycles. The summed E-state index contributed by atoms with van der Waals surface area (Å²) in [5, 5.41) is 14.1. The molecule has 0 aliphatic rings. The molecule has 0 bridgehead atoms. The number of hydrogen-bond acceptors (Lipinski definition) is 5. The lowest BCUT2D eigenvalue weighted by Gasteiger charge is -2.03. The zero-order chi connectivity index (χ0) is 15.2. The van der Waals surface area contributed by atoms with Gasteiger partial charge in [0.2, 0.25) is 5.91 Å². The van der Waals surface area contributed by atoms with Gasteiger partial charge in [-0.15, -0.1) is 11.3 Å². The second-order valence-corrected chi connectivity index (χ2v) is 6.07. The van der Waals surface area contributed by atoms with Crippen LogP contribution in [0.2, 0.25) is 0 Å². The smallest absolute Gasteiger partial charge is 0.223 e. The summed E-state index contributed by atoms with van der Waals surface area (Å²) in [4.78, 5) is 15.2. The highest BCUT2D eigenvalue weighted by Gasteiger charge is 2.06. The summed E-state index contributed by atoms with van der Waals surface area (Å²) in [7, 11) is 0. The second kappa shape index (κ2) is 7.20. The van der Waals surface area contributed by atoms with Crippen LogP contribution < -0.4 is 5.32 Å². The zero-order valence-electron chi connectivity index (χ0n) is 11.2. The van der Waals surface area contributed by atoms with Crippen molar-refractivity contribution in [2.45, 2.75) is 18.4 Å². The van der Waals surface area contributed by atoms with E-state index in [4.69, 9.17) is 5.26 Å². The fraction of sp³-hybridized carbons (Fsp3) is 0.214. The number of thioether (sulfide) groups is 1. The van der Waals surface area contributed by atoms with Crippen molar-refractivity contribution in [1.29, 1.82) is 5.26 Å². The Kier molecular flexibility index (Phi) is 5.31. The third-order valence-corrected chi connectivity index (χ3v) is 4.36. The maximum Gasteiger partial charge on any atom is 0.223 e. The largest absolute Gasteiger partial charge is 0.302 e. The highest BCUT2D eigenvalue weighted by atomic mass is 32.2. The van der Waals surface area contributed by atoms with Gasteiger partial charge in [0.05, 0.1) is 17.3 Å². The molecule has 1 aromatic heterocycles. The Bertz CT molecular complexity index is 694. The van der Waals surface area contributed by atoms with Crippen LogP contribution in [0, 0.1) is 17.1 Å². The summed E-state index contributed by atoms with van der Waals surface area (Å²) >= 11 is 2.96. The van der Waals surface area contributed by atoms with Crippen LogP contribution in [-0.2, 0) is 16.3 Å². The lowest BCUT2D eigenvalue weighted by molar-refractivity contribution is -0.114. The van der Waals surface area contributed by atoms with Gasteiger partial charge in [-0.3, -0.25) is 4.79 Å². The third kappa shape index (κ3) is 4.55. The molecule has 0 atom stereocenters. The van der Waals surface area contributed by atoms with Crippen molar-refractivity contribution in [3.8, 4) is 6.07 Å². The Balaban J connectivity index is 1.91. The second-order valence-electron chi connectivity index (χ2n) is 4.23. The Morgan fingerprint density at radius 3 is 3.05 bits per heavy atom. The van der Waals surface area contributed by atoms with Crippen molar-refractivity contribution in [3.05, 3.63) is 46.2 Å². The molecule has 2 aromatic rings. The summed E-state index contributed by atoms with van der Waals surface area (Å²) in [6.45, 7) is 1.44. The first-order chi connectivity index (χ1) is 10.1. The number of aromatic nitrogens is 1. The molecule has 1 aromatic carbocycles. The maximum absolute atomic E-state index is 13.0. The topological polar surface area (TPSA) is 65.8 Å². The number of halogens is 1. The number of nitrogens with one attached hydrogen (secondary N) is 1. The monoisotopic (exact) mass is 321 g/mol. The molecule has 0 aliphatic carbocycles. The minimum Gasteiger partial charge on any atom is -0.302 e. The third-order valence-electron chi connectivity index (χ3n) is 2.53. The molecule has 7 heteroatoms. The number of hydrogen-bond donors (Lipinski definition) is 1. The van der Waals surface area contributed by atoms with Gasteiger partial charge in [0, 0.05) is 23.8 Å². The first kappa shape index (κ1) is 15.5. The molecular weight excluding hydrogens is 309 g/mol. The molecule has 0 spiro atoms. The van der Waals surface area contributed by atoms with Gasteiger partial charge in [-0.05, 0) is 17.7 Å². The van der Waals surface area contributed by atoms with Crippen molar-refractivity contribution in [3.63, 3.8) is 0 Å². The van der Waals surface area contributed by atoms with E-state index >= 15 is 0 Å². The zero-order valence-corrected chi connectivity index (χ0v) is 12.9. The number of benzene rings is 1. The van der Waals surface area contributed by atoms with E-state index in [2.05, 4.69) is 10.3 Å². The number of thiazole rings is 1. The molecule has 1 N–H and O–H groups in total. The Morgan fingerprint density at radius 2 is 2.33 bits per heavy atom. The Labute approximate surface area is 130 Å². The number of carbonyl (C=O) groups excluding carboxylic acids is 1. The summed E-state index contributed by atoms with van der Waals surface area (Å²) < 4.78 is 13.0. The predicted octanol–water partition coefficient (Wildman–Crippen LogP) is 3.55. The van der Waals surface area contributed by atoms with Crippen LogP contribution in [0.1, 0.15) is 23.7 Å². The molecule has 108 valence electrons. The van der Waals surface area contributed by atoms with Gasteiger partial charge < -0.3 is 5.32 Å². The normalized spacial score (nSPS) is 10.1. The van der Waals surface area contributed by atoms with E-state index < -0.39 is 5.82 Å². The van der Waals surface area contributed by atoms with E-state index in [0.717, 1.165) is 11.3 Å². The minimum atomic E-state index is -0.403. The van der Waals surface area contributed by atoms with Gasteiger partial charge in [0.25, 0.3) is 0 Å². The van der Waals surface area contributed by atoms with Crippen LogP contribution in [-0.4, -0.2) is 10.9 Å². The molecule has 0 fully saturated rings. The van der Waals surface area contributed by atoms with Crippen LogP contribution in [0.25, 0.3) is 0 Å². The van der Waals surface area contributed by atoms with E-state index in [1.165, 1.54) is 30.4 Å². The first-order valence-electron chi connectivity index (χ1n) is 6.06. The van der Waals surface area contributed by atoms with E-state index in [1.54, 1.807) is 17.8 Å². The molecular formula is C14H12FN3OS2. The Morgan fingerprint density at radius 1 is 1.52 bits per heavy atom. The molecule has 1 amide bonds. The fourth-order valence-electron chi connectivity index (χ4n) is 1.63. The van der Waals surface area contributed by atoms with Gasteiger partial charge in [0.1, 0.15) is 5.82 Å². The number of nitriles is 1. The van der Waals surface area contributed by atoms with Crippen LogP contribution in [0.15, 0.2) is 23.6 Å². The fourth-order valence-corrected chi connectivity index (χ4v) is 3.42. The quantitative estimate of drug-likeness (QED) is 0.914. The molecule has 0 radical (unpaired) electrons. The van der Waals surface area contributed by atoms with E-state index in [1.807, 2.05) is 11.4 Å². The maximum atomic E-state index is 13.0. The van der Waals surface area contributed by atoms with E-state index in [-0.39, 0.29) is 5.91 Å². The van der Waals surface area contributed by atoms with Crippen molar-refractivity contribution < 1.29 is 9.18 Å².